The maximum Gasteiger partial charge on any atom is 0.262 e. The summed E-state index contributed by atoms with van der Waals surface area (Å²) in [6.07, 6.45) is 1.17. The number of benzene rings is 1. The van der Waals surface area contributed by atoms with E-state index in [1.54, 1.807) is 12.1 Å². The van der Waals surface area contributed by atoms with Gasteiger partial charge in [-0.25, -0.2) is 8.42 Å². The predicted octanol–water partition coefficient (Wildman–Crippen LogP) is 1.97. The smallest absolute Gasteiger partial charge is 0.262 e. The Kier molecular flexibility index (Phi) is 3.74. The first-order chi connectivity index (χ1) is 9.29. The molecule has 0 radical (unpaired) electrons. The van der Waals surface area contributed by atoms with Gasteiger partial charge in [-0.1, -0.05) is 11.6 Å². The molecule has 0 aliphatic heterocycles. The van der Waals surface area contributed by atoms with Gasteiger partial charge in [0, 0.05) is 23.0 Å². The highest BCUT2D eigenvalue weighted by molar-refractivity contribution is 7.92. The summed E-state index contributed by atoms with van der Waals surface area (Å²) in [4.78, 5) is -0.0669. The molecule has 0 bridgehead atoms. The van der Waals surface area contributed by atoms with Crippen LogP contribution in [0.3, 0.4) is 0 Å². The number of sulfonamides is 1. The van der Waals surface area contributed by atoms with Crippen LogP contribution in [-0.4, -0.2) is 18.4 Å². The van der Waals surface area contributed by atoms with Crippen LogP contribution < -0.4 is 10.2 Å². The summed E-state index contributed by atoms with van der Waals surface area (Å²) >= 11 is 5.73. The van der Waals surface area contributed by atoms with Crippen LogP contribution in [-0.2, 0) is 10.0 Å². The minimum Gasteiger partial charge on any atom is -0.427 e. The van der Waals surface area contributed by atoms with Crippen LogP contribution in [0.5, 0.6) is 0 Å². The van der Waals surface area contributed by atoms with Crippen molar-refractivity contribution in [2.45, 2.75) is 11.8 Å². The molecule has 1 heterocycles. The monoisotopic (exact) mass is 313 g/mol. The van der Waals surface area contributed by atoms with E-state index in [1.165, 1.54) is 25.3 Å². The van der Waals surface area contributed by atoms with Gasteiger partial charge >= 0.3 is 0 Å². The molecular formula is C12H12ClN3O3S. The molecule has 0 amide bonds. The zero-order valence-corrected chi connectivity index (χ0v) is 12.0. The molecule has 1 aromatic heterocycles. The molecule has 8 heteroatoms. The molecule has 2 rings (SSSR count). The molecule has 0 unspecified atom stereocenters. The molecule has 0 saturated carbocycles. The highest BCUT2D eigenvalue weighted by Crippen LogP contribution is 2.19. The molecule has 0 spiro atoms. The number of nitrogens with one attached hydrogen (secondary N) is 2. The van der Waals surface area contributed by atoms with Crippen molar-refractivity contribution in [3.05, 3.63) is 52.6 Å². The Hall–Kier alpha value is -1.99. The summed E-state index contributed by atoms with van der Waals surface area (Å²) in [7, 11) is -3.83. The van der Waals surface area contributed by atoms with Crippen molar-refractivity contribution in [2.24, 2.45) is 0 Å². The SMILES string of the molecule is Cc1cn(O)c(=N)cc1S(=O)(=O)Nc1ccc(Cl)cc1. The third-order valence-electron chi connectivity index (χ3n) is 2.61. The summed E-state index contributed by atoms with van der Waals surface area (Å²) in [5.41, 5.74) is 0.359. The first-order valence-corrected chi connectivity index (χ1v) is 7.41. The number of pyridine rings is 1. The molecular weight excluding hydrogens is 302 g/mol. The Morgan fingerprint density at radius 3 is 2.50 bits per heavy atom. The number of aryl methyl sites for hydroxylation is 1. The lowest BCUT2D eigenvalue weighted by Crippen LogP contribution is -2.22. The summed E-state index contributed by atoms with van der Waals surface area (Å²) in [6.45, 7) is 1.53. The van der Waals surface area contributed by atoms with E-state index < -0.39 is 10.0 Å². The van der Waals surface area contributed by atoms with Gasteiger partial charge in [-0.3, -0.25) is 10.1 Å². The average Bonchev–Trinajstić information content (AvgIpc) is 2.36. The molecule has 0 saturated heterocycles. The van der Waals surface area contributed by atoms with Gasteiger partial charge in [0.2, 0.25) is 0 Å². The Labute approximate surface area is 120 Å². The maximum absolute atomic E-state index is 12.3. The zero-order chi connectivity index (χ0) is 14.9. The molecule has 0 aliphatic carbocycles. The molecule has 0 atom stereocenters. The standard InChI is InChI=1S/C12H12ClN3O3S/c1-8-7-16(17)12(14)6-11(8)20(18,19)15-10-4-2-9(13)3-5-10/h2-7,14-15,17H,1H3. The maximum atomic E-state index is 12.3. The summed E-state index contributed by atoms with van der Waals surface area (Å²) in [5, 5.41) is 17.3. The molecule has 0 aliphatic rings. The minimum absolute atomic E-state index is 0.0669. The Bertz CT molecular complexity index is 798. The second-order valence-electron chi connectivity index (χ2n) is 4.16. The molecule has 106 valence electrons. The van der Waals surface area contributed by atoms with E-state index in [2.05, 4.69) is 4.72 Å². The van der Waals surface area contributed by atoms with Gasteiger partial charge in [-0.2, -0.15) is 4.73 Å². The number of anilines is 1. The Morgan fingerprint density at radius 1 is 1.30 bits per heavy atom. The lowest BCUT2D eigenvalue weighted by molar-refractivity contribution is 0.169. The normalized spacial score (nSPS) is 11.3. The highest BCUT2D eigenvalue weighted by atomic mass is 35.5. The largest absolute Gasteiger partial charge is 0.427 e. The zero-order valence-electron chi connectivity index (χ0n) is 10.5. The quantitative estimate of drug-likeness (QED) is 0.756. The molecule has 1 aromatic carbocycles. The van der Waals surface area contributed by atoms with E-state index in [-0.39, 0.29) is 10.4 Å². The van der Waals surface area contributed by atoms with Crippen molar-refractivity contribution in [3.8, 4) is 0 Å². The van der Waals surface area contributed by atoms with Gasteiger partial charge in [0.1, 0.15) is 0 Å². The van der Waals surface area contributed by atoms with Crippen molar-refractivity contribution in [3.63, 3.8) is 0 Å². The third-order valence-corrected chi connectivity index (χ3v) is 4.38. The van der Waals surface area contributed by atoms with E-state index in [1.807, 2.05) is 0 Å². The van der Waals surface area contributed by atoms with Gasteiger partial charge in [-0.05, 0) is 36.8 Å². The number of rotatable bonds is 3. The second-order valence-corrected chi connectivity index (χ2v) is 6.25. The van der Waals surface area contributed by atoms with Crippen LogP contribution in [0.25, 0.3) is 0 Å². The summed E-state index contributed by atoms with van der Waals surface area (Å²) in [6, 6.07) is 7.27. The Morgan fingerprint density at radius 2 is 1.90 bits per heavy atom. The fourth-order valence-electron chi connectivity index (χ4n) is 1.64. The average molecular weight is 314 g/mol. The molecule has 20 heavy (non-hydrogen) atoms. The second kappa shape index (κ2) is 5.18. The highest BCUT2D eigenvalue weighted by Gasteiger charge is 2.18. The number of nitrogens with zero attached hydrogens (tertiary/aromatic N) is 1. The third kappa shape index (κ3) is 2.94. The van der Waals surface area contributed by atoms with Crippen LogP contribution in [0.15, 0.2) is 41.4 Å². The van der Waals surface area contributed by atoms with Crippen LogP contribution in [0, 0.1) is 12.3 Å². The number of halogens is 1. The van der Waals surface area contributed by atoms with Gasteiger partial charge < -0.3 is 5.21 Å². The lowest BCUT2D eigenvalue weighted by Gasteiger charge is -2.11. The first-order valence-electron chi connectivity index (χ1n) is 5.55. The number of hydrogen-bond donors (Lipinski definition) is 3. The van der Waals surface area contributed by atoms with E-state index in [0.29, 0.717) is 21.0 Å². The van der Waals surface area contributed by atoms with Gasteiger partial charge in [0.05, 0.1) is 4.90 Å². The molecule has 2 aromatic rings. The van der Waals surface area contributed by atoms with Crippen molar-refractivity contribution in [1.29, 1.82) is 5.41 Å². The summed E-state index contributed by atoms with van der Waals surface area (Å²) < 4.78 is 27.4. The van der Waals surface area contributed by atoms with Crippen molar-refractivity contribution in [2.75, 3.05) is 4.72 Å². The van der Waals surface area contributed by atoms with Crippen LogP contribution in [0.4, 0.5) is 5.69 Å². The van der Waals surface area contributed by atoms with E-state index in [9.17, 15) is 13.6 Å². The van der Waals surface area contributed by atoms with Crippen molar-refractivity contribution in [1.82, 2.24) is 4.73 Å². The van der Waals surface area contributed by atoms with E-state index >= 15 is 0 Å². The van der Waals surface area contributed by atoms with Crippen molar-refractivity contribution < 1.29 is 13.6 Å². The Balaban J connectivity index is 2.43. The molecule has 3 N–H and O–H groups in total. The van der Waals surface area contributed by atoms with E-state index in [4.69, 9.17) is 17.0 Å². The fourth-order valence-corrected chi connectivity index (χ4v) is 3.06. The molecule has 6 nitrogen and oxygen atoms in total. The predicted molar refractivity (Wildman–Crippen MR) is 74.5 cm³/mol. The minimum atomic E-state index is -3.83. The van der Waals surface area contributed by atoms with Gasteiger partial charge in [0.25, 0.3) is 10.0 Å². The van der Waals surface area contributed by atoms with Gasteiger partial charge in [-0.15, -0.1) is 0 Å². The fraction of sp³-hybridized carbons (Fsp3) is 0.0833. The van der Waals surface area contributed by atoms with Crippen LogP contribution >= 0.6 is 11.6 Å². The number of aromatic nitrogens is 1. The van der Waals surface area contributed by atoms with E-state index in [0.717, 1.165) is 6.07 Å². The molecule has 0 fully saturated rings. The van der Waals surface area contributed by atoms with Crippen LogP contribution in [0.2, 0.25) is 5.02 Å². The lowest BCUT2D eigenvalue weighted by atomic mass is 10.3. The van der Waals surface area contributed by atoms with Gasteiger partial charge in [0.15, 0.2) is 5.49 Å². The summed E-state index contributed by atoms with van der Waals surface area (Å²) in [5.74, 6) is 0. The van der Waals surface area contributed by atoms with Crippen LogP contribution in [0.1, 0.15) is 5.56 Å². The topological polar surface area (TPSA) is 95.2 Å². The first kappa shape index (κ1) is 14.4. The van der Waals surface area contributed by atoms with Crippen molar-refractivity contribution >= 4 is 27.3 Å². The number of hydrogen-bond acceptors (Lipinski definition) is 4.